The second kappa shape index (κ2) is 24.0. The molecule has 5 aliphatic carbocycles. The van der Waals surface area contributed by atoms with Crippen LogP contribution in [0.3, 0.4) is 0 Å². The predicted octanol–water partition coefficient (Wildman–Crippen LogP) is 24.3. The Morgan fingerprint density at radius 2 is 0.989 bits per heavy atom. The van der Waals surface area contributed by atoms with E-state index in [9.17, 15) is 0 Å². The molecule has 0 aromatic heterocycles. The van der Waals surface area contributed by atoms with Crippen LogP contribution in [0.25, 0.3) is 73.2 Å². The van der Waals surface area contributed by atoms with Gasteiger partial charge in [-0.2, -0.15) is 0 Å². The average Bonchev–Trinajstić information content (AvgIpc) is 1.55. The summed E-state index contributed by atoms with van der Waals surface area (Å²) in [6.07, 6.45) is 39.4. The quantitative estimate of drug-likeness (QED) is 0.0703. The maximum Gasteiger partial charge on any atom is 0.0465 e. The Bertz CT molecular complexity index is 4590. The average molecular weight is 1160 g/mol. The van der Waals surface area contributed by atoms with E-state index in [-0.39, 0.29) is 10.8 Å². The maximum absolute atomic E-state index is 2.62. The minimum Gasteiger partial charge on any atom is -0.315 e. The monoisotopic (exact) mass is 1160 g/mol. The van der Waals surface area contributed by atoms with E-state index in [1.54, 1.807) is 0 Å². The molecule has 10 aromatic rings. The number of benzene rings is 10. The topological polar surface area (TPSA) is 6.48 Å². The smallest absolute Gasteiger partial charge is 0.0465 e. The lowest BCUT2D eigenvalue weighted by molar-refractivity contribution is 0.304. The molecule has 0 spiro atoms. The lowest BCUT2D eigenvalue weighted by atomic mass is 9.67. The summed E-state index contributed by atoms with van der Waals surface area (Å²) in [7, 11) is 0. The minimum absolute atomic E-state index is 0.0305. The molecule has 2 nitrogen and oxygen atoms in total. The highest BCUT2D eigenvalue weighted by Crippen LogP contribution is 2.59. The van der Waals surface area contributed by atoms with Crippen LogP contribution in [0.2, 0.25) is 0 Å². The molecule has 0 bridgehead atoms. The molecular formula is C88H78N2. The van der Waals surface area contributed by atoms with E-state index in [0.717, 1.165) is 62.7 Å². The van der Waals surface area contributed by atoms with E-state index < -0.39 is 0 Å². The molecule has 2 heteroatoms. The van der Waals surface area contributed by atoms with Gasteiger partial charge in [-0.3, -0.25) is 0 Å². The van der Waals surface area contributed by atoms with Gasteiger partial charge in [0.15, 0.2) is 0 Å². The number of rotatable bonds is 16. The molecule has 0 fully saturated rings. The van der Waals surface area contributed by atoms with Crippen LogP contribution in [0.1, 0.15) is 124 Å². The highest BCUT2D eigenvalue weighted by atomic mass is 15.2. The van der Waals surface area contributed by atoms with E-state index in [1.165, 1.54) is 122 Å². The van der Waals surface area contributed by atoms with Gasteiger partial charge in [0.2, 0.25) is 0 Å². The van der Waals surface area contributed by atoms with Gasteiger partial charge in [-0.15, -0.1) is 0 Å². The molecule has 2 unspecified atom stereocenters. The number of fused-ring (bicyclic) bond motifs is 9. The Morgan fingerprint density at radius 1 is 0.444 bits per heavy atom. The molecular weight excluding hydrogens is 1080 g/mol. The van der Waals surface area contributed by atoms with Gasteiger partial charge < -0.3 is 9.80 Å². The summed E-state index contributed by atoms with van der Waals surface area (Å²) in [6.45, 7) is 9.59. The fourth-order valence-electron chi connectivity index (χ4n) is 16.4. The molecule has 0 heterocycles. The largest absolute Gasteiger partial charge is 0.315 e. The van der Waals surface area contributed by atoms with Crippen molar-refractivity contribution in [3.63, 3.8) is 0 Å². The molecule has 15 rings (SSSR count). The Kier molecular flexibility index (Phi) is 15.1. The van der Waals surface area contributed by atoms with Gasteiger partial charge in [0, 0.05) is 50.9 Å². The lowest BCUT2D eigenvalue weighted by Crippen LogP contribution is -2.31. The van der Waals surface area contributed by atoms with Gasteiger partial charge >= 0.3 is 0 Å². The van der Waals surface area contributed by atoms with Crippen molar-refractivity contribution in [2.45, 2.75) is 95.8 Å². The number of hydrogen-bond donors (Lipinski definition) is 0. The molecule has 10 aromatic carbocycles. The predicted molar refractivity (Wildman–Crippen MR) is 386 cm³/mol. The van der Waals surface area contributed by atoms with Crippen LogP contribution < -0.4 is 9.80 Å². The Morgan fingerprint density at radius 3 is 1.57 bits per heavy atom. The molecule has 440 valence electrons. The van der Waals surface area contributed by atoms with Crippen molar-refractivity contribution in [1.29, 1.82) is 0 Å². The molecule has 90 heavy (non-hydrogen) atoms. The third kappa shape index (κ3) is 9.80. The first-order valence-corrected chi connectivity index (χ1v) is 33.2. The normalized spacial score (nSPS) is 17.5. The first-order chi connectivity index (χ1) is 44.4. The van der Waals surface area contributed by atoms with E-state index in [4.69, 9.17) is 0 Å². The second-order valence-corrected chi connectivity index (χ2v) is 25.4. The van der Waals surface area contributed by atoms with E-state index in [0.29, 0.717) is 11.8 Å². The van der Waals surface area contributed by atoms with Crippen LogP contribution in [0, 0.1) is 5.92 Å². The van der Waals surface area contributed by atoms with Gasteiger partial charge in [-0.05, 0) is 230 Å². The third-order valence-electron chi connectivity index (χ3n) is 20.9. The fourth-order valence-corrected chi connectivity index (χ4v) is 16.4. The molecule has 0 saturated heterocycles. The van der Waals surface area contributed by atoms with Crippen molar-refractivity contribution in [3.05, 3.63) is 329 Å². The fraction of sp³-hybridized carbons (Fsp3) is 0.182. The standard InChI is InChI=1S/C88H78N2/c1-5-87(6-2)81-57-63(43-49-73(81)75-53-47-71(59-83(75)87)89(67-31-19-11-20-32-67)68-33-21-12-22-34-68)41-39-61-45-51-77-79(55-61)80-56-62(46-52-78(80)86(66-29-17-10-18-30-66)85(77)65-27-15-9-16-28-65)40-42-64-44-50-74-76-54-48-72(60-84(76)88(7-3,8-4)82(74)58-64)90(69-35-23-13-24-36-69)70-37-25-14-26-38-70/h9-13,15-23,25,27-35,37-60,74,82H,5-8,14,24,26,36H2,1-4H3/b41-39+,42-40+. The maximum atomic E-state index is 2.62. The first-order valence-electron chi connectivity index (χ1n) is 33.2. The summed E-state index contributed by atoms with van der Waals surface area (Å²) >= 11 is 0. The summed E-state index contributed by atoms with van der Waals surface area (Å²) in [5.74, 6) is 0.722. The summed E-state index contributed by atoms with van der Waals surface area (Å²) < 4.78 is 0. The Hall–Kier alpha value is -9.76. The Labute approximate surface area is 533 Å². The number of anilines is 4. The van der Waals surface area contributed by atoms with Crippen LogP contribution >= 0.6 is 0 Å². The van der Waals surface area contributed by atoms with Gasteiger partial charge in [-0.1, -0.05) is 246 Å². The van der Waals surface area contributed by atoms with Crippen LogP contribution in [-0.2, 0) is 10.8 Å². The minimum atomic E-state index is -0.116. The van der Waals surface area contributed by atoms with Crippen LogP contribution in [-0.4, -0.2) is 0 Å². The Balaban J connectivity index is 0.790. The summed E-state index contributed by atoms with van der Waals surface area (Å²) in [5, 5.41) is 5.01. The van der Waals surface area contributed by atoms with E-state index in [2.05, 4.69) is 329 Å². The molecule has 2 atom stereocenters. The van der Waals surface area contributed by atoms with Gasteiger partial charge in [0.25, 0.3) is 0 Å². The van der Waals surface area contributed by atoms with Crippen molar-refractivity contribution in [2.24, 2.45) is 5.92 Å². The lowest BCUT2D eigenvalue weighted by Gasteiger charge is -2.37. The summed E-state index contributed by atoms with van der Waals surface area (Å²) in [5.41, 5.74) is 25.7. The molecule has 0 radical (unpaired) electrons. The number of hydrogen-bond acceptors (Lipinski definition) is 2. The van der Waals surface area contributed by atoms with Crippen molar-refractivity contribution in [2.75, 3.05) is 9.80 Å². The van der Waals surface area contributed by atoms with Crippen LogP contribution in [0.5, 0.6) is 0 Å². The zero-order valence-electron chi connectivity index (χ0n) is 52.4. The van der Waals surface area contributed by atoms with E-state index in [1.807, 2.05) is 0 Å². The zero-order chi connectivity index (χ0) is 60.8. The molecule has 0 amide bonds. The number of allylic oxidation sites excluding steroid dienone is 12. The van der Waals surface area contributed by atoms with Gasteiger partial charge in [0.05, 0.1) is 0 Å². The van der Waals surface area contributed by atoms with Crippen molar-refractivity contribution >= 4 is 62.5 Å². The summed E-state index contributed by atoms with van der Waals surface area (Å²) in [6, 6.07) is 79.7. The summed E-state index contributed by atoms with van der Waals surface area (Å²) in [4.78, 5) is 4.94. The van der Waals surface area contributed by atoms with Crippen LogP contribution in [0.4, 0.5) is 22.7 Å². The van der Waals surface area contributed by atoms with Crippen molar-refractivity contribution in [3.8, 4) is 33.4 Å². The number of para-hydroxylation sites is 2. The second-order valence-electron chi connectivity index (χ2n) is 25.4. The zero-order valence-corrected chi connectivity index (χ0v) is 52.4. The van der Waals surface area contributed by atoms with Gasteiger partial charge in [-0.25, -0.2) is 0 Å². The van der Waals surface area contributed by atoms with Crippen molar-refractivity contribution in [1.82, 2.24) is 0 Å². The number of nitrogens with zero attached hydrogens (tertiary/aromatic N) is 2. The van der Waals surface area contributed by atoms with Crippen LogP contribution in [0.15, 0.2) is 290 Å². The third-order valence-corrected chi connectivity index (χ3v) is 20.9. The van der Waals surface area contributed by atoms with E-state index >= 15 is 0 Å². The molecule has 0 N–H and O–H groups in total. The molecule has 5 aliphatic rings. The molecule has 0 aliphatic heterocycles. The van der Waals surface area contributed by atoms with Gasteiger partial charge in [0.1, 0.15) is 0 Å². The SMILES string of the molecule is CCC1(CC)c2cc(/C=C/c3ccc4c(-c5ccccc5)c(-c5ccccc5)c5ccc(/C=C/C6=CC7C(C=C6)c6ccc(N(C8=CCCC=C8)C8=CC=CCC8)cc6C7(CC)CC)cc5c4c3)ccc2-c2ccc(N(c3ccccc3)c3ccccc3)cc21. The first kappa shape index (κ1) is 56.7. The highest BCUT2D eigenvalue weighted by Gasteiger charge is 2.49. The van der Waals surface area contributed by atoms with Crippen molar-refractivity contribution < 1.29 is 0 Å². The highest BCUT2D eigenvalue weighted by molar-refractivity contribution is 6.22. The molecule has 0 saturated carbocycles.